The average Bonchev–Trinajstić information content (AvgIpc) is 2.99. The van der Waals surface area contributed by atoms with E-state index in [1.54, 1.807) is 43.0 Å². The number of rotatable bonds is 4. The smallest absolute Gasteiger partial charge is 0.242 e. The predicted molar refractivity (Wildman–Crippen MR) is 104 cm³/mol. The highest BCUT2D eigenvalue weighted by Crippen LogP contribution is 2.42. The minimum absolute atomic E-state index is 0.0587. The Morgan fingerprint density at radius 2 is 2.00 bits per heavy atom. The van der Waals surface area contributed by atoms with E-state index in [1.165, 1.54) is 17.8 Å². The van der Waals surface area contributed by atoms with Crippen molar-refractivity contribution >= 4 is 46.6 Å². The summed E-state index contributed by atoms with van der Waals surface area (Å²) in [5, 5.41) is 1.86. The Morgan fingerprint density at radius 3 is 2.62 bits per heavy atom. The van der Waals surface area contributed by atoms with Crippen molar-refractivity contribution in [1.82, 2.24) is 0 Å². The van der Waals surface area contributed by atoms with Gasteiger partial charge in [-0.05, 0) is 49.2 Å². The lowest BCUT2D eigenvalue weighted by Crippen LogP contribution is -2.28. The van der Waals surface area contributed by atoms with E-state index >= 15 is 0 Å². The van der Waals surface area contributed by atoms with Crippen LogP contribution in [0.3, 0.4) is 0 Å². The van der Waals surface area contributed by atoms with Gasteiger partial charge in [0.1, 0.15) is 16.6 Å². The zero-order valence-electron chi connectivity index (χ0n) is 14.3. The van der Waals surface area contributed by atoms with Gasteiger partial charge >= 0.3 is 0 Å². The average molecular weight is 393 g/mol. The highest BCUT2D eigenvalue weighted by molar-refractivity contribution is 8.00. The van der Waals surface area contributed by atoms with Gasteiger partial charge in [-0.2, -0.15) is 0 Å². The fraction of sp³-hybridized carbons (Fsp3) is 0.263. The molecular weight excluding hydrogens is 375 g/mol. The van der Waals surface area contributed by atoms with E-state index in [0.29, 0.717) is 22.7 Å². The molecule has 136 valence electrons. The van der Waals surface area contributed by atoms with Crippen LogP contribution in [-0.4, -0.2) is 22.9 Å². The monoisotopic (exact) mass is 392 g/mol. The van der Waals surface area contributed by atoms with Gasteiger partial charge in [-0.3, -0.25) is 14.5 Å². The number of nitrogens with one attached hydrogen (secondary N) is 1. The topological polar surface area (TPSA) is 49.4 Å². The molecular formula is C19H18ClFN2O2S. The predicted octanol–water partition coefficient (Wildman–Crippen LogP) is 4.48. The number of hydrogen-bond acceptors (Lipinski definition) is 3. The maximum atomic E-state index is 13.9. The molecule has 0 spiro atoms. The number of anilines is 2. The summed E-state index contributed by atoms with van der Waals surface area (Å²) in [6.07, 6.45) is 0. The molecule has 7 heteroatoms. The highest BCUT2D eigenvalue weighted by Gasteiger charge is 2.34. The zero-order chi connectivity index (χ0) is 18.8. The van der Waals surface area contributed by atoms with Gasteiger partial charge in [0.2, 0.25) is 11.8 Å². The molecule has 0 radical (unpaired) electrons. The third-order valence-electron chi connectivity index (χ3n) is 4.13. The van der Waals surface area contributed by atoms with Gasteiger partial charge in [0, 0.05) is 11.4 Å². The van der Waals surface area contributed by atoms with E-state index in [0.717, 1.165) is 5.56 Å². The molecule has 26 heavy (non-hydrogen) atoms. The van der Waals surface area contributed by atoms with Crippen LogP contribution >= 0.6 is 23.4 Å². The molecule has 0 aromatic heterocycles. The van der Waals surface area contributed by atoms with E-state index in [9.17, 15) is 14.0 Å². The van der Waals surface area contributed by atoms with Gasteiger partial charge in [-0.25, -0.2) is 4.39 Å². The first kappa shape index (κ1) is 18.7. The van der Waals surface area contributed by atoms with E-state index in [-0.39, 0.29) is 23.0 Å². The number of hydrogen-bond donors (Lipinski definition) is 1. The summed E-state index contributed by atoms with van der Waals surface area (Å²) in [6.45, 7) is 3.29. The largest absolute Gasteiger partial charge is 0.325 e. The SMILES string of the molecule is Cc1ccc(N2C(=O)CS[C@H]2c2ccc(NC(=O)[C@@H](C)Cl)cc2)cc1F. The molecule has 1 aliphatic heterocycles. The fourth-order valence-corrected chi connectivity index (χ4v) is 3.89. The number of amides is 2. The molecule has 0 bridgehead atoms. The van der Waals surface area contributed by atoms with Gasteiger partial charge in [-0.1, -0.05) is 18.2 Å². The van der Waals surface area contributed by atoms with Crippen molar-refractivity contribution in [2.45, 2.75) is 24.6 Å². The molecule has 4 nitrogen and oxygen atoms in total. The van der Waals surface area contributed by atoms with E-state index in [4.69, 9.17) is 11.6 Å². The molecule has 1 saturated heterocycles. The van der Waals surface area contributed by atoms with E-state index < -0.39 is 5.38 Å². The van der Waals surface area contributed by atoms with Crippen LogP contribution < -0.4 is 10.2 Å². The van der Waals surface area contributed by atoms with Crippen molar-refractivity contribution in [3.8, 4) is 0 Å². The highest BCUT2D eigenvalue weighted by atomic mass is 35.5. The summed E-state index contributed by atoms with van der Waals surface area (Å²) in [5.41, 5.74) is 2.62. The molecule has 1 heterocycles. The summed E-state index contributed by atoms with van der Waals surface area (Å²) in [7, 11) is 0. The fourth-order valence-electron chi connectivity index (χ4n) is 2.65. The molecule has 3 rings (SSSR count). The molecule has 0 saturated carbocycles. The molecule has 2 aromatic carbocycles. The Bertz CT molecular complexity index is 842. The van der Waals surface area contributed by atoms with Crippen LogP contribution in [0.25, 0.3) is 0 Å². The number of carbonyl (C=O) groups is 2. The van der Waals surface area contributed by atoms with Crippen LogP contribution in [-0.2, 0) is 9.59 Å². The Hall–Kier alpha value is -2.05. The molecule has 1 fully saturated rings. The van der Waals surface area contributed by atoms with Crippen LogP contribution in [0.4, 0.5) is 15.8 Å². The number of nitrogens with zero attached hydrogens (tertiary/aromatic N) is 1. The molecule has 0 aliphatic carbocycles. The number of carbonyl (C=O) groups excluding carboxylic acids is 2. The van der Waals surface area contributed by atoms with Gasteiger partial charge in [0.05, 0.1) is 5.75 Å². The van der Waals surface area contributed by atoms with Gasteiger partial charge in [0.15, 0.2) is 0 Å². The second kappa shape index (κ2) is 7.68. The van der Waals surface area contributed by atoms with E-state index in [2.05, 4.69) is 5.32 Å². The Balaban J connectivity index is 1.84. The third kappa shape index (κ3) is 3.86. The second-order valence-electron chi connectivity index (χ2n) is 6.09. The van der Waals surface area contributed by atoms with Crippen molar-refractivity contribution in [3.05, 3.63) is 59.4 Å². The standard InChI is InChI=1S/C19H18ClFN2O2S/c1-11-3-8-15(9-16(11)21)23-17(24)10-26-19(23)13-4-6-14(7-5-13)22-18(25)12(2)20/h3-9,12,19H,10H2,1-2H3,(H,22,25)/t12-,19+/m1/s1. The summed E-state index contributed by atoms with van der Waals surface area (Å²) in [5.74, 6) is -0.333. The maximum absolute atomic E-state index is 13.9. The number of thioether (sulfide) groups is 1. The molecule has 1 aliphatic rings. The van der Waals surface area contributed by atoms with Gasteiger partial charge in [-0.15, -0.1) is 23.4 Å². The number of aryl methyl sites for hydroxylation is 1. The summed E-state index contributed by atoms with van der Waals surface area (Å²) in [4.78, 5) is 25.6. The quantitative estimate of drug-likeness (QED) is 0.780. The van der Waals surface area contributed by atoms with Crippen LogP contribution in [0.2, 0.25) is 0 Å². The van der Waals surface area contributed by atoms with Crippen LogP contribution in [0.1, 0.15) is 23.4 Å². The number of alkyl halides is 1. The van der Waals surface area contributed by atoms with Gasteiger partial charge < -0.3 is 5.32 Å². The van der Waals surface area contributed by atoms with Gasteiger partial charge in [0.25, 0.3) is 0 Å². The van der Waals surface area contributed by atoms with E-state index in [1.807, 2.05) is 12.1 Å². The van der Waals surface area contributed by atoms with Crippen molar-refractivity contribution in [2.75, 3.05) is 16.0 Å². The number of halogens is 2. The third-order valence-corrected chi connectivity index (χ3v) is 5.54. The summed E-state index contributed by atoms with van der Waals surface area (Å²) >= 11 is 7.24. The Kier molecular flexibility index (Phi) is 5.53. The number of benzene rings is 2. The lowest BCUT2D eigenvalue weighted by Gasteiger charge is -2.25. The van der Waals surface area contributed by atoms with Crippen molar-refractivity contribution in [3.63, 3.8) is 0 Å². The first-order valence-electron chi connectivity index (χ1n) is 8.11. The Morgan fingerprint density at radius 1 is 1.31 bits per heavy atom. The summed E-state index contributed by atoms with van der Waals surface area (Å²) in [6, 6.07) is 12.1. The van der Waals surface area contributed by atoms with Crippen LogP contribution in [0.5, 0.6) is 0 Å². The van der Waals surface area contributed by atoms with Crippen LogP contribution in [0, 0.1) is 12.7 Å². The van der Waals surface area contributed by atoms with Crippen LogP contribution in [0.15, 0.2) is 42.5 Å². The molecule has 2 amide bonds. The molecule has 2 aromatic rings. The maximum Gasteiger partial charge on any atom is 0.242 e. The molecule has 1 N–H and O–H groups in total. The van der Waals surface area contributed by atoms with Crippen molar-refractivity contribution in [2.24, 2.45) is 0 Å². The first-order valence-corrected chi connectivity index (χ1v) is 9.60. The van der Waals surface area contributed by atoms with Crippen molar-refractivity contribution in [1.29, 1.82) is 0 Å². The minimum atomic E-state index is -0.621. The zero-order valence-corrected chi connectivity index (χ0v) is 15.9. The molecule has 2 atom stereocenters. The second-order valence-corrected chi connectivity index (χ2v) is 7.81. The van der Waals surface area contributed by atoms with Crippen molar-refractivity contribution < 1.29 is 14.0 Å². The summed E-state index contributed by atoms with van der Waals surface area (Å²) < 4.78 is 13.9. The minimum Gasteiger partial charge on any atom is -0.325 e. The lowest BCUT2D eigenvalue weighted by molar-refractivity contribution is -0.116. The molecule has 0 unspecified atom stereocenters. The lowest BCUT2D eigenvalue weighted by atomic mass is 10.1. The first-order chi connectivity index (χ1) is 12.4. The Labute approximate surface area is 160 Å². The normalized spacial score (nSPS) is 18.1.